The molecular weight excluding hydrogens is 328 g/mol. The first-order valence-corrected chi connectivity index (χ1v) is 8.89. The molecule has 0 unspecified atom stereocenters. The molecule has 0 aliphatic rings. The van der Waals surface area contributed by atoms with Gasteiger partial charge in [-0.2, -0.15) is 0 Å². The van der Waals surface area contributed by atoms with Crippen LogP contribution in [0.5, 0.6) is 0 Å². The van der Waals surface area contributed by atoms with E-state index in [2.05, 4.69) is 20.5 Å². The van der Waals surface area contributed by atoms with Crippen molar-refractivity contribution in [2.24, 2.45) is 0 Å². The summed E-state index contributed by atoms with van der Waals surface area (Å²) in [7, 11) is 0. The largest absolute Gasteiger partial charge is 0.325 e. The number of aryl methyl sites for hydroxylation is 1. The third-order valence-corrected chi connectivity index (χ3v) is 5.11. The van der Waals surface area contributed by atoms with E-state index in [0.29, 0.717) is 5.16 Å². The fourth-order valence-corrected chi connectivity index (χ4v) is 3.37. The van der Waals surface area contributed by atoms with Crippen molar-refractivity contribution in [3.05, 3.63) is 47.3 Å². The molecule has 0 fully saturated rings. The van der Waals surface area contributed by atoms with Gasteiger partial charge in [-0.3, -0.25) is 9.89 Å². The molecule has 1 amide bonds. The number of aromatic amines is 1. The Balaban J connectivity index is 1.64. The van der Waals surface area contributed by atoms with Gasteiger partial charge in [-0.15, -0.1) is 16.4 Å². The molecule has 0 radical (unpaired) electrons. The van der Waals surface area contributed by atoms with Crippen molar-refractivity contribution in [2.75, 3.05) is 5.32 Å². The van der Waals surface area contributed by atoms with Crippen molar-refractivity contribution in [1.29, 1.82) is 0 Å². The maximum atomic E-state index is 12.3. The van der Waals surface area contributed by atoms with Gasteiger partial charge in [-0.1, -0.05) is 36.0 Å². The molecule has 3 rings (SSSR count). The summed E-state index contributed by atoms with van der Waals surface area (Å²) in [5.41, 5.74) is 1.87. The number of nitrogens with zero attached hydrogens (tertiary/aromatic N) is 2. The Morgan fingerprint density at radius 3 is 2.87 bits per heavy atom. The number of thiophene rings is 1. The highest BCUT2D eigenvalue weighted by Crippen LogP contribution is 2.26. The van der Waals surface area contributed by atoms with Crippen LogP contribution in [0.15, 0.2) is 46.9 Å². The van der Waals surface area contributed by atoms with E-state index in [0.717, 1.165) is 22.0 Å². The predicted octanol–water partition coefficient (Wildman–Crippen LogP) is 3.96. The summed E-state index contributed by atoms with van der Waals surface area (Å²) in [5.74, 6) is 0.667. The van der Waals surface area contributed by atoms with Crippen LogP contribution < -0.4 is 5.32 Å². The molecule has 0 saturated carbocycles. The van der Waals surface area contributed by atoms with E-state index in [9.17, 15) is 4.79 Å². The van der Waals surface area contributed by atoms with Crippen LogP contribution in [0.1, 0.15) is 12.5 Å². The molecule has 2 aromatic heterocycles. The average Bonchev–Trinajstić information content (AvgIpc) is 3.20. The normalized spacial score (nSPS) is 12.1. The van der Waals surface area contributed by atoms with E-state index >= 15 is 0 Å². The van der Waals surface area contributed by atoms with Gasteiger partial charge in [0.25, 0.3) is 0 Å². The Morgan fingerprint density at radius 2 is 2.13 bits per heavy atom. The quantitative estimate of drug-likeness (QED) is 0.687. The first kappa shape index (κ1) is 15.8. The molecule has 1 aromatic carbocycles. The van der Waals surface area contributed by atoms with Crippen molar-refractivity contribution in [3.63, 3.8) is 0 Å². The minimum absolute atomic E-state index is 0.0632. The summed E-state index contributed by atoms with van der Waals surface area (Å²) in [6.07, 6.45) is 0. The zero-order valence-corrected chi connectivity index (χ0v) is 14.4. The minimum atomic E-state index is -0.290. The molecule has 5 nitrogen and oxygen atoms in total. The van der Waals surface area contributed by atoms with Gasteiger partial charge in [0, 0.05) is 5.69 Å². The van der Waals surface area contributed by atoms with Gasteiger partial charge in [0.2, 0.25) is 11.1 Å². The van der Waals surface area contributed by atoms with E-state index in [1.807, 2.05) is 55.6 Å². The summed E-state index contributed by atoms with van der Waals surface area (Å²) in [4.78, 5) is 17.8. The number of carbonyl (C=O) groups excluding carboxylic acids is 1. The lowest BCUT2D eigenvalue weighted by atomic mass is 10.2. The monoisotopic (exact) mass is 344 g/mol. The van der Waals surface area contributed by atoms with E-state index in [1.165, 1.54) is 11.8 Å². The number of amides is 1. The van der Waals surface area contributed by atoms with Crippen molar-refractivity contribution in [1.82, 2.24) is 15.2 Å². The Labute approximate surface area is 142 Å². The van der Waals surface area contributed by atoms with Crippen LogP contribution in [-0.4, -0.2) is 26.3 Å². The lowest BCUT2D eigenvalue weighted by molar-refractivity contribution is -0.115. The first-order valence-electron chi connectivity index (χ1n) is 7.13. The number of hydrogen-bond donors (Lipinski definition) is 2. The minimum Gasteiger partial charge on any atom is -0.325 e. The molecule has 3 aromatic rings. The number of carbonyl (C=O) groups is 1. The summed E-state index contributed by atoms with van der Waals surface area (Å²) in [5, 5.41) is 12.3. The SMILES string of the molecule is Cc1ccccc1NC(=O)[C@@H](C)Sc1n[nH]c(-c2cccs2)n1. The van der Waals surface area contributed by atoms with Gasteiger partial charge in [-0.25, -0.2) is 4.98 Å². The summed E-state index contributed by atoms with van der Waals surface area (Å²) < 4.78 is 0. The fourth-order valence-electron chi connectivity index (χ4n) is 1.98. The Bertz CT molecular complexity index is 798. The first-order chi connectivity index (χ1) is 11.1. The van der Waals surface area contributed by atoms with Crippen molar-refractivity contribution in [3.8, 4) is 10.7 Å². The number of para-hydroxylation sites is 1. The standard InChI is InChI=1S/C16H16N4OS2/c1-10-6-3-4-7-12(10)17-15(21)11(2)23-16-18-14(19-20-16)13-8-5-9-22-13/h3-9,11H,1-2H3,(H,17,21)(H,18,19,20)/t11-/m1/s1. The van der Waals surface area contributed by atoms with Crippen LogP contribution in [0.4, 0.5) is 5.69 Å². The molecular formula is C16H16N4OS2. The van der Waals surface area contributed by atoms with Crippen LogP contribution in [-0.2, 0) is 4.79 Å². The molecule has 1 atom stereocenters. The topological polar surface area (TPSA) is 70.7 Å². The molecule has 0 saturated heterocycles. The van der Waals surface area contributed by atoms with Crippen LogP contribution in [0.2, 0.25) is 0 Å². The second kappa shape index (κ2) is 6.97. The smallest absolute Gasteiger partial charge is 0.237 e. The highest BCUT2D eigenvalue weighted by Gasteiger charge is 2.18. The van der Waals surface area contributed by atoms with E-state index in [4.69, 9.17) is 0 Å². The number of benzene rings is 1. The van der Waals surface area contributed by atoms with Gasteiger partial charge in [0.05, 0.1) is 10.1 Å². The molecule has 23 heavy (non-hydrogen) atoms. The number of thioether (sulfide) groups is 1. The highest BCUT2D eigenvalue weighted by molar-refractivity contribution is 8.00. The maximum absolute atomic E-state index is 12.3. The van der Waals surface area contributed by atoms with Crippen molar-refractivity contribution in [2.45, 2.75) is 24.3 Å². The second-order valence-corrected chi connectivity index (χ2v) is 7.26. The van der Waals surface area contributed by atoms with Crippen molar-refractivity contribution >= 4 is 34.7 Å². The predicted molar refractivity (Wildman–Crippen MR) is 94.8 cm³/mol. The molecule has 0 bridgehead atoms. The summed E-state index contributed by atoms with van der Waals surface area (Å²) in [6.45, 7) is 3.81. The number of anilines is 1. The van der Waals surface area contributed by atoms with E-state index < -0.39 is 0 Å². The molecule has 0 aliphatic heterocycles. The molecule has 7 heteroatoms. The van der Waals surface area contributed by atoms with Crippen LogP contribution in [0, 0.1) is 6.92 Å². The van der Waals surface area contributed by atoms with Gasteiger partial charge in [-0.05, 0) is 36.9 Å². The summed E-state index contributed by atoms with van der Waals surface area (Å²) >= 11 is 2.93. The van der Waals surface area contributed by atoms with Crippen LogP contribution in [0.3, 0.4) is 0 Å². The van der Waals surface area contributed by atoms with Crippen LogP contribution in [0.25, 0.3) is 10.7 Å². The molecule has 2 N–H and O–H groups in total. The Hall–Kier alpha value is -2.12. The molecule has 118 valence electrons. The second-order valence-electron chi connectivity index (χ2n) is 5.01. The molecule has 0 aliphatic carbocycles. The number of hydrogen-bond acceptors (Lipinski definition) is 5. The zero-order chi connectivity index (χ0) is 16.2. The third kappa shape index (κ3) is 3.80. The number of nitrogens with one attached hydrogen (secondary N) is 2. The Morgan fingerprint density at radius 1 is 1.30 bits per heavy atom. The van der Waals surface area contributed by atoms with Gasteiger partial charge < -0.3 is 5.32 Å². The maximum Gasteiger partial charge on any atom is 0.237 e. The van der Waals surface area contributed by atoms with Gasteiger partial charge in [0.15, 0.2) is 5.82 Å². The number of rotatable bonds is 5. The highest BCUT2D eigenvalue weighted by atomic mass is 32.2. The summed E-state index contributed by atoms with van der Waals surface area (Å²) in [6, 6.07) is 11.7. The van der Waals surface area contributed by atoms with Gasteiger partial charge >= 0.3 is 0 Å². The van der Waals surface area contributed by atoms with Crippen LogP contribution >= 0.6 is 23.1 Å². The molecule has 0 spiro atoms. The number of aromatic nitrogens is 3. The third-order valence-electron chi connectivity index (χ3n) is 3.27. The Kier molecular flexibility index (Phi) is 4.78. The fraction of sp³-hybridized carbons (Fsp3) is 0.188. The molecule has 2 heterocycles. The van der Waals surface area contributed by atoms with Gasteiger partial charge in [0.1, 0.15) is 0 Å². The zero-order valence-electron chi connectivity index (χ0n) is 12.7. The lowest BCUT2D eigenvalue weighted by Gasteiger charge is -2.11. The van der Waals surface area contributed by atoms with Crippen molar-refractivity contribution < 1.29 is 4.79 Å². The number of H-pyrrole nitrogens is 1. The van der Waals surface area contributed by atoms with E-state index in [1.54, 1.807) is 11.3 Å². The lowest BCUT2D eigenvalue weighted by Crippen LogP contribution is -2.22. The van der Waals surface area contributed by atoms with E-state index in [-0.39, 0.29) is 11.2 Å². The average molecular weight is 344 g/mol.